The molecule has 1 rings (SSSR count). The molecular formula is C10H12NOSi. The van der Waals surface area contributed by atoms with Crippen molar-refractivity contribution in [1.82, 2.24) is 0 Å². The molecule has 1 aromatic carbocycles. The van der Waals surface area contributed by atoms with E-state index in [-0.39, 0.29) is 0 Å². The first-order chi connectivity index (χ1) is 6.27. The Balaban J connectivity index is 2.76. The molecule has 0 fully saturated rings. The Hall–Kier alpha value is -1.11. The largest absolute Gasteiger partial charge is 0.417 e. The SMILES string of the molecule is CCCc1ccc([Si](O)C#N)cc1. The zero-order valence-corrected chi connectivity index (χ0v) is 8.62. The van der Waals surface area contributed by atoms with Crippen LogP contribution in [0.1, 0.15) is 18.9 Å². The van der Waals surface area contributed by atoms with Crippen LogP contribution in [0.2, 0.25) is 0 Å². The van der Waals surface area contributed by atoms with E-state index in [4.69, 9.17) is 5.26 Å². The molecule has 1 aromatic rings. The Morgan fingerprint density at radius 3 is 2.46 bits per heavy atom. The highest BCUT2D eigenvalue weighted by Gasteiger charge is 2.09. The van der Waals surface area contributed by atoms with Gasteiger partial charge in [-0.1, -0.05) is 37.6 Å². The van der Waals surface area contributed by atoms with E-state index in [1.54, 1.807) is 0 Å². The van der Waals surface area contributed by atoms with Crippen molar-refractivity contribution in [2.45, 2.75) is 19.8 Å². The van der Waals surface area contributed by atoms with Gasteiger partial charge in [-0.25, -0.2) is 5.26 Å². The van der Waals surface area contributed by atoms with Crippen LogP contribution in [0.5, 0.6) is 0 Å². The summed E-state index contributed by atoms with van der Waals surface area (Å²) in [5.41, 5.74) is 3.15. The molecule has 0 heterocycles. The van der Waals surface area contributed by atoms with Crippen LogP contribution < -0.4 is 5.19 Å². The van der Waals surface area contributed by atoms with Gasteiger partial charge >= 0.3 is 9.04 Å². The number of nitriles is 1. The van der Waals surface area contributed by atoms with Gasteiger partial charge in [0.05, 0.1) is 5.69 Å². The van der Waals surface area contributed by atoms with Gasteiger partial charge in [0.1, 0.15) is 0 Å². The summed E-state index contributed by atoms with van der Waals surface area (Å²) in [7, 11) is -1.93. The maximum atomic E-state index is 9.29. The van der Waals surface area contributed by atoms with Crippen LogP contribution >= 0.6 is 0 Å². The third-order valence-electron chi connectivity index (χ3n) is 1.87. The zero-order chi connectivity index (χ0) is 9.68. The molecule has 0 saturated carbocycles. The molecule has 0 aliphatic carbocycles. The van der Waals surface area contributed by atoms with Crippen molar-refractivity contribution in [1.29, 1.82) is 5.26 Å². The maximum absolute atomic E-state index is 9.29. The summed E-state index contributed by atoms with van der Waals surface area (Å²) >= 11 is 0. The molecule has 0 aliphatic heterocycles. The summed E-state index contributed by atoms with van der Waals surface area (Å²) in [6, 6.07) is 7.67. The predicted octanol–water partition coefficient (Wildman–Crippen LogP) is 0.893. The summed E-state index contributed by atoms with van der Waals surface area (Å²) in [6.45, 7) is 2.13. The van der Waals surface area contributed by atoms with E-state index >= 15 is 0 Å². The van der Waals surface area contributed by atoms with Gasteiger partial charge in [-0.3, -0.25) is 0 Å². The average molecular weight is 190 g/mol. The fourth-order valence-electron chi connectivity index (χ4n) is 1.18. The zero-order valence-electron chi connectivity index (χ0n) is 7.62. The molecule has 0 saturated heterocycles. The van der Waals surface area contributed by atoms with E-state index in [1.165, 1.54) is 5.56 Å². The number of rotatable bonds is 3. The van der Waals surface area contributed by atoms with Gasteiger partial charge in [0.2, 0.25) is 0 Å². The lowest BCUT2D eigenvalue weighted by molar-refractivity contribution is 0.600. The second-order valence-electron chi connectivity index (χ2n) is 2.91. The first-order valence-corrected chi connectivity index (χ1v) is 5.78. The van der Waals surface area contributed by atoms with Crippen molar-refractivity contribution in [2.24, 2.45) is 0 Å². The van der Waals surface area contributed by atoms with E-state index in [9.17, 15) is 4.80 Å². The predicted molar refractivity (Wildman–Crippen MR) is 53.7 cm³/mol. The molecule has 0 spiro atoms. The van der Waals surface area contributed by atoms with Gasteiger partial charge in [0.15, 0.2) is 0 Å². The van der Waals surface area contributed by atoms with Crippen molar-refractivity contribution in [3.63, 3.8) is 0 Å². The number of hydrogen-bond acceptors (Lipinski definition) is 2. The van der Waals surface area contributed by atoms with E-state index in [2.05, 4.69) is 6.92 Å². The van der Waals surface area contributed by atoms with Crippen LogP contribution in [0.25, 0.3) is 0 Å². The van der Waals surface area contributed by atoms with Crippen LogP contribution in [0.15, 0.2) is 24.3 Å². The van der Waals surface area contributed by atoms with Crippen LogP contribution in [-0.2, 0) is 6.42 Å². The van der Waals surface area contributed by atoms with E-state index in [0.717, 1.165) is 18.0 Å². The van der Waals surface area contributed by atoms with Crippen molar-refractivity contribution >= 4 is 14.2 Å². The maximum Gasteiger partial charge on any atom is 0.371 e. The summed E-state index contributed by atoms with van der Waals surface area (Å²) in [6.07, 6.45) is 2.18. The van der Waals surface area contributed by atoms with Gasteiger partial charge in [0.25, 0.3) is 0 Å². The van der Waals surface area contributed by atoms with Gasteiger partial charge in [0, 0.05) is 0 Å². The van der Waals surface area contributed by atoms with Crippen molar-refractivity contribution in [2.75, 3.05) is 0 Å². The normalized spacial score (nSPS) is 10.0. The summed E-state index contributed by atoms with van der Waals surface area (Å²) in [5.74, 6) is 0. The molecule has 0 amide bonds. The fourth-order valence-corrected chi connectivity index (χ4v) is 1.79. The van der Waals surface area contributed by atoms with Crippen molar-refractivity contribution in [3.8, 4) is 5.69 Å². The van der Waals surface area contributed by atoms with Gasteiger partial charge < -0.3 is 4.80 Å². The van der Waals surface area contributed by atoms with Crippen LogP contribution in [-0.4, -0.2) is 13.8 Å². The van der Waals surface area contributed by atoms with Crippen LogP contribution in [0.4, 0.5) is 0 Å². The van der Waals surface area contributed by atoms with Gasteiger partial charge in [-0.2, -0.15) is 0 Å². The van der Waals surface area contributed by atoms with E-state index < -0.39 is 9.04 Å². The number of aryl methyl sites for hydroxylation is 1. The second kappa shape index (κ2) is 4.80. The molecule has 1 N–H and O–H groups in total. The molecule has 3 heteroatoms. The minimum absolute atomic E-state index is 0.771. The summed E-state index contributed by atoms with van der Waals surface area (Å²) in [5, 5.41) is 9.28. The molecule has 2 nitrogen and oxygen atoms in total. The Morgan fingerprint density at radius 1 is 1.38 bits per heavy atom. The Labute approximate surface area is 80.2 Å². The number of benzene rings is 1. The Morgan fingerprint density at radius 2 is 2.00 bits per heavy atom. The fraction of sp³-hybridized carbons (Fsp3) is 0.300. The van der Waals surface area contributed by atoms with Crippen molar-refractivity contribution < 1.29 is 4.80 Å². The lowest BCUT2D eigenvalue weighted by Crippen LogP contribution is -2.28. The summed E-state index contributed by atoms with van der Waals surface area (Å²) < 4.78 is 0. The molecular weight excluding hydrogens is 178 g/mol. The topological polar surface area (TPSA) is 44.0 Å². The highest BCUT2D eigenvalue weighted by atomic mass is 28.3. The molecule has 0 aromatic heterocycles. The molecule has 67 valence electrons. The first-order valence-electron chi connectivity index (χ1n) is 4.33. The molecule has 13 heavy (non-hydrogen) atoms. The lowest BCUT2D eigenvalue weighted by Gasteiger charge is -2.01. The van der Waals surface area contributed by atoms with Gasteiger partial charge in [-0.05, 0) is 17.2 Å². The molecule has 1 radical (unpaired) electrons. The molecule has 0 atom stereocenters. The number of nitrogens with zero attached hydrogens (tertiary/aromatic N) is 1. The Bertz CT molecular complexity index is 302. The third kappa shape index (κ3) is 2.69. The Kier molecular flexibility index (Phi) is 3.68. The highest BCUT2D eigenvalue weighted by Crippen LogP contribution is 2.00. The van der Waals surface area contributed by atoms with E-state index in [1.807, 2.05) is 30.0 Å². The third-order valence-corrected chi connectivity index (χ3v) is 2.96. The standard InChI is InChI=1S/C10H12NOSi/c1-2-3-9-4-6-10(7-5-9)13(12)8-11/h4-7,12H,2-3H2,1H3. The van der Waals surface area contributed by atoms with Crippen LogP contribution in [0.3, 0.4) is 0 Å². The minimum atomic E-state index is -1.93. The number of hydrogen-bond donors (Lipinski definition) is 1. The lowest BCUT2D eigenvalue weighted by atomic mass is 10.1. The molecule has 0 bridgehead atoms. The molecule has 0 aliphatic rings. The monoisotopic (exact) mass is 190 g/mol. The average Bonchev–Trinajstić information content (AvgIpc) is 2.18. The van der Waals surface area contributed by atoms with Crippen LogP contribution in [0, 0.1) is 11.0 Å². The second-order valence-corrected chi connectivity index (χ2v) is 4.41. The smallest absolute Gasteiger partial charge is 0.371 e. The first kappa shape index (κ1) is 9.97. The van der Waals surface area contributed by atoms with Crippen molar-refractivity contribution in [3.05, 3.63) is 29.8 Å². The summed E-state index contributed by atoms with van der Waals surface area (Å²) in [4.78, 5) is 9.29. The molecule has 0 unspecified atom stereocenters. The van der Waals surface area contributed by atoms with Gasteiger partial charge in [-0.15, -0.1) is 0 Å². The minimum Gasteiger partial charge on any atom is -0.417 e. The van der Waals surface area contributed by atoms with E-state index in [0.29, 0.717) is 0 Å². The highest BCUT2D eigenvalue weighted by molar-refractivity contribution is 6.73. The quantitative estimate of drug-likeness (QED) is 0.719.